The van der Waals surface area contributed by atoms with Gasteiger partial charge in [-0.2, -0.15) is 0 Å². The van der Waals surface area contributed by atoms with Crippen LogP contribution < -0.4 is 0 Å². The van der Waals surface area contributed by atoms with E-state index >= 15 is 0 Å². The first kappa shape index (κ1) is 22.5. The molecule has 0 amide bonds. The maximum atomic E-state index is 13.7. The van der Waals surface area contributed by atoms with Gasteiger partial charge in [-0.15, -0.1) is 0 Å². The molecule has 5 heteroatoms. The van der Waals surface area contributed by atoms with Gasteiger partial charge in [0.2, 0.25) is 0 Å². The summed E-state index contributed by atoms with van der Waals surface area (Å²) in [5, 5.41) is 0. The first-order chi connectivity index (χ1) is 12.5. The Morgan fingerprint density at radius 1 is 0.885 bits per heavy atom. The number of ether oxygens (including phenoxy) is 1. The Kier molecular flexibility index (Phi) is 11.1. The van der Waals surface area contributed by atoms with Crippen molar-refractivity contribution in [3.63, 3.8) is 0 Å². The summed E-state index contributed by atoms with van der Waals surface area (Å²) in [7, 11) is 0. The van der Waals surface area contributed by atoms with Crippen LogP contribution in [-0.4, -0.2) is 12.1 Å². The van der Waals surface area contributed by atoms with Crippen LogP contribution in [0.15, 0.2) is 12.1 Å². The molecule has 1 unspecified atom stereocenters. The Morgan fingerprint density at radius 2 is 1.46 bits per heavy atom. The highest BCUT2D eigenvalue weighted by Crippen LogP contribution is 2.19. The number of benzene rings is 1. The van der Waals surface area contributed by atoms with E-state index in [1.165, 1.54) is 38.5 Å². The average molecular weight is 372 g/mol. The van der Waals surface area contributed by atoms with Crippen molar-refractivity contribution in [1.82, 2.24) is 0 Å². The zero-order chi connectivity index (χ0) is 19.4. The van der Waals surface area contributed by atoms with Crippen LogP contribution >= 0.6 is 0 Å². The lowest BCUT2D eigenvalue weighted by Gasteiger charge is -2.16. The average Bonchev–Trinajstić information content (AvgIpc) is 2.63. The largest absolute Gasteiger partial charge is 0.459 e. The first-order valence-electron chi connectivity index (χ1n) is 9.85. The number of esters is 1. The minimum absolute atomic E-state index is 0.334. The van der Waals surface area contributed by atoms with Gasteiger partial charge in [0.15, 0.2) is 17.5 Å². The van der Waals surface area contributed by atoms with E-state index in [1.807, 2.05) is 6.92 Å². The smallest absolute Gasteiger partial charge is 0.341 e. The van der Waals surface area contributed by atoms with Crippen molar-refractivity contribution in [2.45, 2.75) is 90.6 Å². The number of halogens is 3. The number of unbranched alkanes of at least 4 members (excludes halogenated alkanes) is 8. The molecule has 0 N–H and O–H groups in total. The predicted molar refractivity (Wildman–Crippen MR) is 97.7 cm³/mol. The van der Waals surface area contributed by atoms with Gasteiger partial charge in [0.25, 0.3) is 0 Å². The number of carbonyl (C=O) groups excluding carboxylic acids is 1. The fourth-order valence-electron chi connectivity index (χ4n) is 2.93. The summed E-state index contributed by atoms with van der Waals surface area (Å²) >= 11 is 0. The van der Waals surface area contributed by atoms with Gasteiger partial charge in [-0.25, -0.2) is 18.0 Å². The highest BCUT2D eigenvalue weighted by atomic mass is 19.2. The summed E-state index contributed by atoms with van der Waals surface area (Å²) < 4.78 is 45.1. The molecule has 1 rings (SSSR count). The van der Waals surface area contributed by atoms with Crippen LogP contribution in [0.4, 0.5) is 13.2 Å². The lowest BCUT2D eigenvalue weighted by molar-refractivity contribution is 0.0260. The van der Waals surface area contributed by atoms with E-state index < -0.39 is 29.0 Å². The number of hydrogen-bond donors (Lipinski definition) is 0. The van der Waals surface area contributed by atoms with E-state index in [0.29, 0.717) is 12.8 Å². The highest BCUT2D eigenvalue weighted by molar-refractivity contribution is 5.89. The molecule has 0 saturated carbocycles. The second-order valence-corrected chi connectivity index (χ2v) is 6.78. The standard InChI is InChI=1S/C21H31F3O2/c1-3-5-6-7-8-9-10-11-12-13-16(4-2)26-21(25)17-14-15-18(22)20(24)19(17)23/h14-16H,3-13H2,1-2H3. The molecule has 0 spiro atoms. The molecule has 0 bridgehead atoms. The van der Waals surface area contributed by atoms with Crippen molar-refractivity contribution >= 4 is 5.97 Å². The van der Waals surface area contributed by atoms with Gasteiger partial charge in [-0.05, 0) is 31.4 Å². The molecule has 1 aromatic carbocycles. The molecular weight excluding hydrogens is 341 g/mol. The van der Waals surface area contributed by atoms with Crippen LogP contribution in [0.1, 0.15) is 94.8 Å². The second-order valence-electron chi connectivity index (χ2n) is 6.78. The van der Waals surface area contributed by atoms with Gasteiger partial charge < -0.3 is 4.74 Å². The van der Waals surface area contributed by atoms with Crippen molar-refractivity contribution < 1.29 is 22.7 Å². The molecule has 2 nitrogen and oxygen atoms in total. The summed E-state index contributed by atoms with van der Waals surface area (Å²) in [5.74, 6) is -5.40. The van der Waals surface area contributed by atoms with E-state index in [1.54, 1.807) is 0 Å². The van der Waals surface area contributed by atoms with Crippen molar-refractivity contribution in [1.29, 1.82) is 0 Å². The van der Waals surface area contributed by atoms with Crippen LogP contribution in [0.3, 0.4) is 0 Å². The van der Waals surface area contributed by atoms with Crippen molar-refractivity contribution in [3.05, 3.63) is 35.1 Å². The second kappa shape index (κ2) is 12.8. The summed E-state index contributed by atoms with van der Waals surface area (Å²) in [6.45, 7) is 4.09. The van der Waals surface area contributed by atoms with E-state index in [9.17, 15) is 18.0 Å². The Morgan fingerprint density at radius 3 is 2.04 bits per heavy atom. The molecule has 0 aromatic heterocycles. The van der Waals surface area contributed by atoms with Gasteiger partial charge in [0.1, 0.15) is 6.10 Å². The molecule has 0 fully saturated rings. The van der Waals surface area contributed by atoms with Gasteiger partial charge in [0, 0.05) is 0 Å². The molecule has 0 aliphatic carbocycles. The minimum atomic E-state index is -1.65. The molecule has 26 heavy (non-hydrogen) atoms. The van der Waals surface area contributed by atoms with E-state index in [4.69, 9.17) is 4.74 Å². The molecule has 0 aliphatic rings. The lowest BCUT2D eigenvalue weighted by Crippen LogP contribution is -2.19. The quantitative estimate of drug-likeness (QED) is 0.212. The zero-order valence-corrected chi connectivity index (χ0v) is 16.0. The lowest BCUT2D eigenvalue weighted by atomic mass is 10.0. The summed E-state index contributed by atoms with van der Waals surface area (Å²) in [6.07, 6.45) is 11.8. The third-order valence-electron chi connectivity index (χ3n) is 4.61. The Balaban J connectivity index is 2.30. The third-order valence-corrected chi connectivity index (χ3v) is 4.61. The fraction of sp³-hybridized carbons (Fsp3) is 0.667. The van der Waals surface area contributed by atoms with E-state index in [2.05, 4.69) is 6.92 Å². The topological polar surface area (TPSA) is 26.3 Å². The maximum absolute atomic E-state index is 13.7. The molecule has 148 valence electrons. The zero-order valence-electron chi connectivity index (χ0n) is 16.0. The van der Waals surface area contributed by atoms with Crippen molar-refractivity contribution in [2.75, 3.05) is 0 Å². The van der Waals surface area contributed by atoms with Crippen molar-refractivity contribution in [3.8, 4) is 0 Å². The first-order valence-corrected chi connectivity index (χ1v) is 9.85. The van der Waals surface area contributed by atoms with Gasteiger partial charge in [0.05, 0.1) is 5.56 Å². The summed E-state index contributed by atoms with van der Waals surface area (Å²) in [5.41, 5.74) is -0.561. The highest BCUT2D eigenvalue weighted by Gasteiger charge is 2.22. The van der Waals surface area contributed by atoms with Crippen LogP contribution in [0.5, 0.6) is 0 Å². The monoisotopic (exact) mass is 372 g/mol. The van der Waals surface area contributed by atoms with Crippen LogP contribution in [-0.2, 0) is 4.74 Å². The summed E-state index contributed by atoms with van der Waals surface area (Å²) in [6, 6.07) is 1.65. The fourth-order valence-corrected chi connectivity index (χ4v) is 2.93. The van der Waals surface area contributed by atoms with Gasteiger partial charge in [-0.1, -0.05) is 65.2 Å². The predicted octanol–water partition coefficient (Wildman–Crippen LogP) is 6.96. The number of carbonyl (C=O) groups is 1. The van der Waals surface area contributed by atoms with Gasteiger partial charge >= 0.3 is 5.97 Å². The van der Waals surface area contributed by atoms with Gasteiger partial charge in [-0.3, -0.25) is 0 Å². The molecule has 0 aliphatic heterocycles. The maximum Gasteiger partial charge on any atom is 0.341 e. The Bertz CT molecular complexity index is 546. The Hall–Kier alpha value is -1.52. The molecule has 1 atom stereocenters. The molecule has 1 aromatic rings. The molecule has 0 heterocycles. The molecule has 0 radical (unpaired) electrons. The number of rotatable bonds is 13. The number of hydrogen-bond acceptors (Lipinski definition) is 2. The van der Waals surface area contributed by atoms with Crippen LogP contribution in [0.2, 0.25) is 0 Å². The third kappa shape index (κ3) is 7.79. The molecular formula is C21H31F3O2. The normalized spacial score (nSPS) is 12.2. The van der Waals surface area contributed by atoms with Crippen LogP contribution in [0, 0.1) is 17.5 Å². The van der Waals surface area contributed by atoms with E-state index in [0.717, 1.165) is 31.4 Å². The van der Waals surface area contributed by atoms with Crippen molar-refractivity contribution in [2.24, 2.45) is 0 Å². The summed E-state index contributed by atoms with van der Waals surface area (Å²) in [4.78, 5) is 12.0. The molecule has 0 saturated heterocycles. The Labute approximate surface area is 155 Å². The van der Waals surface area contributed by atoms with Crippen LogP contribution in [0.25, 0.3) is 0 Å². The minimum Gasteiger partial charge on any atom is -0.459 e. The van der Waals surface area contributed by atoms with E-state index in [-0.39, 0.29) is 6.10 Å². The SMILES string of the molecule is CCCCCCCCCCCC(CC)OC(=O)c1ccc(F)c(F)c1F.